The minimum atomic E-state index is -1.54. The Kier molecular flexibility index (Phi) is 9.06. The van der Waals surface area contributed by atoms with Crippen molar-refractivity contribution in [2.45, 2.75) is 11.4 Å². The third kappa shape index (κ3) is 5.59. The maximum absolute atomic E-state index is 12.8. The summed E-state index contributed by atoms with van der Waals surface area (Å²) < 4.78 is 5.04. The molecule has 0 aromatic carbocycles. The van der Waals surface area contributed by atoms with Crippen LogP contribution in [0.25, 0.3) is 0 Å². The second-order valence-corrected chi connectivity index (χ2v) is 9.79. The molecule has 3 N–H and O–H groups in total. The Hall–Kier alpha value is -2.30. The van der Waals surface area contributed by atoms with Gasteiger partial charge in [-0.05, 0) is 17.7 Å². The van der Waals surface area contributed by atoms with Gasteiger partial charge in [0.15, 0.2) is 16.6 Å². The van der Waals surface area contributed by atoms with Crippen molar-refractivity contribution in [2.24, 2.45) is 5.16 Å². The third-order valence-corrected chi connectivity index (χ3v) is 7.76. The average Bonchev–Trinajstić information content (AvgIpc) is 3.50. The van der Waals surface area contributed by atoms with E-state index in [4.69, 9.17) is 15.0 Å². The number of nitrogen functional groups attached to an aromatic ring is 1. The number of carbonyl (C=O) groups excluding carboxylic acids is 4. The molecular formula is C19H16N5NaO7S3. The Morgan fingerprint density at radius 3 is 2.83 bits per heavy atom. The summed E-state index contributed by atoms with van der Waals surface area (Å²) in [7, 11) is 1.25. The topological polar surface area (TPSA) is 180 Å². The summed E-state index contributed by atoms with van der Waals surface area (Å²) in [6.07, 6.45) is 1.36. The summed E-state index contributed by atoms with van der Waals surface area (Å²) in [5.74, 6) is -2.48. The number of anilines is 1. The molecule has 0 aliphatic carbocycles. The number of carboxylic acids is 1. The molecule has 4 heterocycles. The van der Waals surface area contributed by atoms with E-state index in [2.05, 4.69) is 15.5 Å². The van der Waals surface area contributed by atoms with Gasteiger partial charge in [0.05, 0.1) is 17.9 Å². The predicted molar refractivity (Wildman–Crippen MR) is 123 cm³/mol. The first-order chi connectivity index (χ1) is 16.3. The number of nitrogens with two attached hydrogens (primary N) is 1. The van der Waals surface area contributed by atoms with Crippen LogP contribution in [0.5, 0.6) is 0 Å². The number of oxime groups is 1. The molecule has 0 spiro atoms. The number of β-lactam (4-membered cyclic amide) rings is 1. The molecule has 178 valence electrons. The van der Waals surface area contributed by atoms with Crippen LogP contribution in [0.1, 0.15) is 16.2 Å². The summed E-state index contributed by atoms with van der Waals surface area (Å²) >= 11 is 3.22. The predicted octanol–water partition coefficient (Wildman–Crippen LogP) is -3.35. The fourth-order valence-corrected chi connectivity index (χ4v) is 6.13. The molecule has 2 aliphatic rings. The van der Waals surface area contributed by atoms with Crippen molar-refractivity contribution in [3.05, 3.63) is 46.5 Å². The van der Waals surface area contributed by atoms with Crippen molar-refractivity contribution in [3.8, 4) is 0 Å². The summed E-state index contributed by atoms with van der Waals surface area (Å²) in [6.45, 7) is 0. The van der Waals surface area contributed by atoms with Crippen LogP contribution in [0.3, 0.4) is 0 Å². The standard InChI is InChI=1S/C19H17N5O7S3.Na/c1-30-23-11(9-7-34-19(20)21-9)14(25)22-12-15(26)24-13(17(27)28)8(5-32-16(12)24)6-33-18(29)10-3-2-4-31-10;/h2-4,7,12,16H,5-6H2,1H3,(H2,20,21)(H,22,25)(H,27,28);/q;+1/p-1. The van der Waals surface area contributed by atoms with Gasteiger partial charge in [0.1, 0.15) is 24.2 Å². The number of fused-ring (bicyclic) bond motifs is 1. The number of hydrogen-bond acceptors (Lipinski definition) is 13. The molecule has 0 bridgehead atoms. The number of aromatic nitrogens is 1. The molecule has 1 fully saturated rings. The maximum Gasteiger partial charge on any atom is 1.00 e. The SMILES string of the molecule is CON=C(C(=O)NC1C(=O)N2C(C(=O)[O-])=C(CSC(=O)c3ccco3)CSC12)c1csc(N)n1.[Na+]. The van der Waals surface area contributed by atoms with E-state index in [-0.39, 0.29) is 74.2 Å². The first kappa shape index (κ1) is 27.3. The minimum Gasteiger partial charge on any atom is -0.543 e. The first-order valence-corrected chi connectivity index (χ1v) is 12.4. The molecule has 2 unspecified atom stereocenters. The minimum absolute atomic E-state index is 0. The van der Waals surface area contributed by atoms with Crippen LogP contribution in [0.2, 0.25) is 0 Å². The van der Waals surface area contributed by atoms with Crippen LogP contribution in [0.4, 0.5) is 5.13 Å². The molecule has 12 nitrogen and oxygen atoms in total. The largest absolute Gasteiger partial charge is 1.00 e. The number of carboxylic acid groups (broad SMARTS) is 1. The Morgan fingerprint density at radius 2 is 2.23 bits per heavy atom. The molecule has 1 saturated heterocycles. The third-order valence-electron chi connectivity index (χ3n) is 4.79. The van der Waals surface area contributed by atoms with Crippen molar-refractivity contribution in [2.75, 3.05) is 24.3 Å². The van der Waals surface area contributed by atoms with Gasteiger partial charge in [0.2, 0.25) is 0 Å². The van der Waals surface area contributed by atoms with Gasteiger partial charge < -0.3 is 30.2 Å². The first-order valence-electron chi connectivity index (χ1n) is 9.53. The monoisotopic (exact) mass is 545 g/mol. The molecule has 0 radical (unpaired) electrons. The van der Waals surface area contributed by atoms with Crippen LogP contribution in [-0.4, -0.2) is 68.5 Å². The molecule has 2 atom stereocenters. The van der Waals surface area contributed by atoms with Gasteiger partial charge in [-0.25, -0.2) is 4.98 Å². The van der Waals surface area contributed by atoms with Gasteiger partial charge in [0.25, 0.3) is 16.9 Å². The van der Waals surface area contributed by atoms with E-state index in [0.29, 0.717) is 5.57 Å². The van der Waals surface area contributed by atoms with E-state index >= 15 is 0 Å². The number of hydrogen-bond donors (Lipinski definition) is 2. The zero-order valence-electron chi connectivity index (χ0n) is 18.4. The Morgan fingerprint density at radius 1 is 1.46 bits per heavy atom. The quantitative estimate of drug-likeness (QED) is 0.146. The van der Waals surface area contributed by atoms with Gasteiger partial charge in [-0.1, -0.05) is 16.9 Å². The van der Waals surface area contributed by atoms with Crippen molar-refractivity contribution in [1.29, 1.82) is 0 Å². The van der Waals surface area contributed by atoms with Crippen LogP contribution in [-0.2, 0) is 19.2 Å². The van der Waals surface area contributed by atoms with E-state index < -0.39 is 29.2 Å². The van der Waals surface area contributed by atoms with Crippen molar-refractivity contribution in [1.82, 2.24) is 15.2 Å². The molecule has 2 aromatic heterocycles. The smallest absolute Gasteiger partial charge is 0.543 e. The summed E-state index contributed by atoms with van der Waals surface area (Å²) in [5, 5.41) is 18.8. The number of amides is 2. The summed E-state index contributed by atoms with van der Waals surface area (Å²) in [4.78, 5) is 59.4. The van der Waals surface area contributed by atoms with E-state index in [0.717, 1.165) is 28.0 Å². The van der Waals surface area contributed by atoms with Gasteiger partial charge in [0, 0.05) is 16.9 Å². The Bertz CT molecular complexity index is 1210. The van der Waals surface area contributed by atoms with E-state index in [1.54, 1.807) is 6.07 Å². The van der Waals surface area contributed by atoms with Gasteiger partial charge >= 0.3 is 29.6 Å². The number of furan rings is 1. The van der Waals surface area contributed by atoms with Gasteiger partial charge in [-0.3, -0.25) is 19.3 Å². The summed E-state index contributed by atoms with van der Waals surface area (Å²) in [5.41, 5.74) is 5.68. The number of nitrogens with zero attached hydrogens (tertiary/aromatic N) is 3. The number of thioether (sulfide) groups is 2. The number of rotatable bonds is 8. The fraction of sp³-hybridized carbons (Fsp3) is 0.263. The van der Waals surface area contributed by atoms with Gasteiger partial charge in [-0.15, -0.1) is 23.1 Å². The molecular weight excluding hydrogens is 529 g/mol. The number of carbonyl (C=O) groups is 4. The molecule has 2 amide bonds. The van der Waals surface area contributed by atoms with E-state index in [1.807, 2.05) is 0 Å². The van der Waals surface area contributed by atoms with Crippen LogP contribution in [0.15, 0.2) is 44.6 Å². The van der Waals surface area contributed by atoms with Crippen LogP contribution in [0, 0.1) is 0 Å². The number of nitrogens with one attached hydrogen (secondary N) is 1. The Labute approximate surface area is 233 Å². The number of thiazole rings is 1. The maximum atomic E-state index is 12.8. The zero-order valence-corrected chi connectivity index (χ0v) is 22.8. The van der Waals surface area contributed by atoms with Gasteiger partial charge in [-0.2, -0.15) is 0 Å². The van der Waals surface area contributed by atoms with Crippen molar-refractivity contribution >= 4 is 68.6 Å². The average molecular weight is 546 g/mol. The molecule has 4 rings (SSSR count). The van der Waals surface area contributed by atoms with Crippen LogP contribution >= 0.6 is 34.9 Å². The molecule has 35 heavy (non-hydrogen) atoms. The normalized spacial score (nSPS) is 19.4. The summed E-state index contributed by atoms with van der Waals surface area (Å²) in [6, 6.07) is 2.08. The molecule has 0 saturated carbocycles. The molecule has 2 aromatic rings. The second-order valence-electron chi connectivity index (χ2n) is 6.85. The Balaban J connectivity index is 0.00000342. The van der Waals surface area contributed by atoms with Crippen LogP contribution < -0.4 is 45.7 Å². The number of aliphatic carboxylic acids is 1. The molecule has 16 heteroatoms. The fourth-order valence-electron chi connectivity index (χ4n) is 3.30. The van der Waals surface area contributed by atoms with Crippen molar-refractivity contribution in [3.63, 3.8) is 0 Å². The molecule has 2 aliphatic heterocycles. The van der Waals surface area contributed by atoms with E-state index in [9.17, 15) is 24.3 Å². The second kappa shape index (κ2) is 11.6. The zero-order chi connectivity index (χ0) is 24.4. The van der Waals surface area contributed by atoms with E-state index in [1.165, 1.54) is 36.6 Å². The van der Waals surface area contributed by atoms with Crippen molar-refractivity contribution < 1.29 is 63.1 Å².